The summed E-state index contributed by atoms with van der Waals surface area (Å²) in [6.07, 6.45) is -1.15. The number of rotatable bonds is 6. The molecule has 1 aromatic carbocycles. The zero-order valence-electron chi connectivity index (χ0n) is 24.7. The van der Waals surface area contributed by atoms with Crippen molar-refractivity contribution in [3.05, 3.63) is 53.3 Å². The van der Waals surface area contributed by atoms with Crippen LogP contribution in [0.3, 0.4) is 0 Å². The van der Waals surface area contributed by atoms with Gasteiger partial charge in [0.15, 0.2) is 0 Å². The van der Waals surface area contributed by atoms with Crippen molar-refractivity contribution >= 4 is 29.5 Å². The van der Waals surface area contributed by atoms with Crippen molar-refractivity contribution in [2.24, 2.45) is 5.92 Å². The third-order valence-electron chi connectivity index (χ3n) is 6.97. The van der Waals surface area contributed by atoms with E-state index < -0.39 is 53.8 Å². The number of aliphatic hydroxyl groups is 1. The molecule has 4 atom stereocenters. The second-order valence-electron chi connectivity index (χ2n) is 10.8. The maximum Gasteiger partial charge on any atom is 0.272 e. The summed E-state index contributed by atoms with van der Waals surface area (Å²) in [7, 11) is 0. The summed E-state index contributed by atoms with van der Waals surface area (Å²) in [5.74, 6) is -3.35. The van der Waals surface area contributed by atoms with Crippen LogP contribution >= 0.6 is 0 Å². The third-order valence-corrected chi connectivity index (χ3v) is 6.97. The molecule has 1 aliphatic heterocycles. The van der Waals surface area contributed by atoms with Crippen LogP contribution in [0.25, 0.3) is 0 Å². The van der Waals surface area contributed by atoms with E-state index in [4.69, 9.17) is 0 Å². The number of carbonyl (C=O) groups is 5. The van der Waals surface area contributed by atoms with E-state index in [-0.39, 0.29) is 37.7 Å². The van der Waals surface area contributed by atoms with Gasteiger partial charge in [0, 0.05) is 26.1 Å². The Morgan fingerprint density at radius 1 is 1.00 bits per heavy atom. The lowest BCUT2D eigenvalue weighted by molar-refractivity contribution is -0.135. The van der Waals surface area contributed by atoms with Gasteiger partial charge in [-0.05, 0) is 38.3 Å². The number of aliphatic hydroxyl groups excluding tert-OH is 1. The fraction of sp³-hybridized carbons (Fsp3) is 0.517. The number of benzene rings is 1. The molecule has 0 bridgehead atoms. The lowest BCUT2D eigenvalue weighted by Crippen LogP contribution is -2.60. The van der Waals surface area contributed by atoms with Gasteiger partial charge >= 0.3 is 0 Å². The smallest absolute Gasteiger partial charge is 0.272 e. The summed E-state index contributed by atoms with van der Waals surface area (Å²) in [5, 5.41) is 25.3. The van der Waals surface area contributed by atoms with Gasteiger partial charge in [-0.25, -0.2) is 0 Å². The number of aromatic nitrogens is 2. The lowest BCUT2D eigenvalue weighted by Gasteiger charge is -2.27. The molecule has 1 aliphatic rings. The molecule has 2 aromatic rings. The minimum absolute atomic E-state index is 0.0540. The number of hydrogen-bond acceptors (Lipinski definition) is 7. The van der Waals surface area contributed by atoms with Crippen molar-refractivity contribution in [1.29, 1.82) is 0 Å². The van der Waals surface area contributed by atoms with Gasteiger partial charge in [-0.3, -0.25) is 28.7 Å². The minimum Gasteiger partial charge on any atom is -0.391 e. The average molecular weight is 584 g/mol. The summed E-state index contributed by atoms with van der Waals surface area (Å²) in [5.41, 5.74) is 1.67. The fourth-order valence-corrected chi connectivity index (χ4v) is 4.70. The highest BCUT2D eigenvalue weighted by molar-refractivity contribution is 5.97. The van der Waals surface area contributed by atoms with E-state index in [1.165, 1.54) is 16.5 Å². The van der Waals surface area contributed by atoms with Crippen LogP contribution in [-0.2, 0) is 32.1 Å². The van der Waals surface area contributed by atoms with E-state index in [1.807, 2.05) is 13.0 Å². The van der Waals surface area contributed by atoms with Gasteiger partial charge < -0.3 is 31.3 Å². The molecule has 0 saturated carbocycles. The average Bonchev–Trinajstić information content (AvgIpc) is 3.33. The Balaban J connectivity index is 1.95. The van der Waals surface area contributed by atoms with E-state index >= 15 is 0 Å². The summed E-state index contributed by atoms with van der Waals surface area (Å²) >= 11 is 0. The highest BCUT2D eigenvalue weighted by Crippen LogP contribution is 2.11. The Bertz CT molecular complexity index is 1280. The van der Waals surface area contributed by atoms with E-state index in [2.05, 4.69) is 26.4 Å². The molecule has 5 amide bonds. The number of nitrogens with one attached hydrogen (secondary N) is 4. The highest BCUT2D eigenvalue weighted by Gasteiger charge is 2.34. The van der Waals surface area contributed by atoms with Crippen LogP contribution in [0.2, 0.25) is 0 Å². The molecule has 1 fully saturated rings. The number of hydrogen-bond donors (Lipinski definition) is 5. The SMILES string of the molecule is CCn1nc(C)cc1C(=O)N1CCNC(=O)[C@H]([C@@H](C)O)NC(=O)[C@H](Cc2ccccc2)NC(=O)[C@@H](C(C)C)NC(=O)C1. The second kappa shape index (κ2) is 14.6. The number of carbonyl (C=O) groups excluding carboxylic acids is 5. The van der Waals surface area contributed by atoms with Gasteiger partial charge in [-0.1, -0.05) is 44.2 Å². The molecular formula is C29H41N7O6. The summed E-state index contributed by atoms with van der Waals surface area (Å²) in [4.78, 5) is 67.9. The third kappa shape index (κ3) is 8.38. The Morgan fingerprint density at radius 2 is 1.69 bits per heavy atom. The molecule has 13 heteroatoms. The Hall–Kier alpha value is -4.26. The van der Waals surface area contributed by atoms with Crippen LogP contribution in [0.1, 0.15) is 49.4 Å². The van der Waals surface area contributed by atoms with Crippen molar-refractivity contribution in [1.82, 2.24) is 35.9 Å². The van der Waals surface area contributed by atoms with Crippen LogP contribution < -0.4 is 21.3 Å². The summed E-state index contributed by atoms with van der Waals surface area (Å²) in [6, 6.07) is 7.19. The largest absolute Gasteiger partial charge is 0.391 e. The van der Waals surface area contributed by atoms with Gasteiger partial charge in [0.2, 0.25) is 23.6 Å². The molecule has 0 spiro atoms. The van der Waals surface area contributed by atoms with Gasteiger partial charge in [0.05, 0.1) is 18.3 Å². The maximum absolute atomic E-state index is 13.5. The van der Waals surface area contributed by atoms with Crippen molar-refractivity contribution < 1.29 is 29.1 Å². The normalized spacial score (nSPS) is 21.9. The highest BCUT2D eigenvalue weighted by atomic mass is 16.3. The Morgan fingerprint density at radius 3 is 2.31 bits per heavy atom. The van der Waals surface area contributed by atoms with Crippen LogP contribution in [0.15, 0.2) is 36.4 Å². The van der Waals surface area contributed by atoms with Crippen LogP contribution in [0, 0.1) is 12.8 Å². The zero-order valence-corrected chi connectivity index (χ0v) is 24.7. The molecule has 2 heterocycles. The monoisotopic (exact) mass is 583 g/mol. The first kappa shape index (κ1) is 32.3. The molecule has 1 saturated heterocycles. The van der Waals surface area contributed by atoms with E-state index in [1.54, 1.807) is 51.1 Å². The van der Waals surface area contributed by atoms with Crippen molar-refractivity contribution in [3.8, 4) is 0 Å². The molecule has 42 heavy (non-hydrogen) atoms. The quantitative estimate of drug-likeness (QED) is 0.305. The molecule has 0 unspecified atom stereocenters. The standard InChI is InChI=1S/C29H41N7O6/c1-6-36-22(14-18(4)34-36)29(42)35-13-12-30-27(40)25(19(5)37)33-26(39)21(15-20-10-8-7-9-11-20)31-28(41)24(17(2)3)32-23(38)16-35/h7-11,14,17,19,21,24-25,37H,6,12-13,15-16H2,1-5H3,(H,30,40)(H,31,41)(H,32,38)(H,33,39)/t19-,21+,24-,25+/m1/s1. The van der Waals surface area contributed by atoms with E-state index in [0.717, 1.165) is 5.56 Å². The predicted octanol–water partition coefficient (Wildman–Crippen LogP) is -0.483. The van der Waals surface area contributed by atoms with E-state index in [9.17, 15) is 29.1 Å². The van der Waals surface area contributed by atoms with Gasteiger partial charge in [-0.15, -0.1) is 0 Å². The molecule has 1 aromatic heterocycles. The predicted molar refractivity (Wildman–Crippen MR) is 154 cm³/mol. The van der Waals surface area contributed by atoms with Gasteiger partial charge in [0.25, 0.3) is 5.91 Å². The number of amides is 5. The van der Waals surface area contributed by atoms with Crippen LogP contribution in [0.5, 0.6) is 0 Å². The van der Waals surface area contributed by atoms with Gasteiger partial charge in [-0.2, -0.15) is 5.10 Å². The zero-order chi connectivity index (χ0) is 31.0. The van der Waals surface area contributed by atoms with Crippen molar-refractivity contribution in [2.75, 3.05) is 19.6 Å². The first-order valence-corrected chi connectivity index (χ1v) is 14.1. The number of nitrogens with zero attached hydrogens (tertiary/aromatic N) is 3. The Kier molecular flexibility index (Phi) is 11.2. The minimum atomic E-state index is -1.33. The summed E-state index contributed by atoms with van der Waals surface area (Å²) in [6.45, 7) is 8.39. The Labute approximate surface area is 245 Å². The molecule has 228 valence electrons. The first-order chi connectivity index (χ1) is 19.9. The second-order valence-corrected chi connectivity index (χ2v) is 10.8. The first-order valence-electron chi connectivity index (χ1n) is 14.1. The van der Waals surface area contributed by atoms with Gasteiger partial charge in [0.1, 0.15) is 23.8 Å². The van der Waals surface area contributed by atoms with Crippen LogP contribution in [-0.4, -0.2) is 93.2 Å². The van der Waals surface area contributed by atoms with Crippen molar-refractivity contribution in [2.45, 2.75) is 71.8 Å². The molecular weight excluding hydrogens is 542 g/mol. The summed E-state index contributed by atoms with van der Waals surface area (Å²) < 4.78 is 1.53. The molecule has 0 aliphatic carbocycles. The lowest BCUT2D eigenvalue weighted by atomic mass is 10.0. The maximum atomic E-state index is 13.5. The van der Waals surface area contributed by atoms with Crippen molar-refractivity contribution in [3.63, 3.8) is 0 Å². The molecule has 13 nitrogen and oxygen atoms in total. The van der Waals surface area contributed by atoms with E-state index in [0.29, 0.717) is 12.2 Å². The number of aryl methyl sites for hydroxylation is 2. The topological polar surface area (TPSA) is 175 Å². The molecule has 5 N–H and O–H groups in total. The molecule has 0 radical (unpaired) electrons. The van der Waals surface area contributed by atoms with Crippen LogP contribution in [0.4, 0.5) is 0 Å². The fourth-order valence-electron chi connectivity index (χ4n) is 4.70. The molecule has 3 rings (SSSR count).